The largest absolute Gasteiger partial charge is 0.478 e. The van der Waals surface area contributed by atoms with Gasteiger partial charge in [0.15, 0.2) is 17.7 Å². The summed E-state index contributed by atoms with van der Waals surface area (Å²) in [5.41, 5.74) is 4.50. The second-order valence-electron chi connectivity index (χ2n) is 5.70. The van der Waals surface area contributed by atoms with Crippen LogP contribution in [0.2, 0.25) is 0 Å². The van der Waals surface area contributed by atoms with Gasteiger partial charge in [0.05, 0.1) is 12.5 Å². The normalized spacial score (nSPS) is 12.6. The first-order valence-electron chi connectivity index (χ1n) is 8.17. The molecule has 1 aromatic heterocycles. The molecule has 0 saturated carbocycles. The van der Waals surface area contributed by atoms with Crippen LogP contribution in [0, 0.1) is 5.82 Å². The van der Waals surface area contributed by atoms with Gasteiger partial charge >= 0.3 is 0 Å². The standard InChI is InChI=1S/C18H20FN3O4S/c1-11(26-15-7-4-3-6-13(15)19)18(25)22-21-17(24)10-14(20-12(2)23)16-8-5-9-27-16/h3-9,11,14H,10H2,1-2H3,(H,20,23)(H,21,24)(H,22,25)/t11-,14-/m0/s1. The van der Waals surface area contributed by atoms with Crippen molar-refractivity contribution < 1.29 is 23.5 Å². The van der Waals surface area contributed by atoms with E-state index < -0.39 is 29.8 Å². The molecule has 7 nitrogen and oxygen atoms in total. The van der Waals surface area contributed by atoms with Gasteiger partial charge in [-0.3, -0.25) is 25.2 Å². The lowest BCUT2D eigenvalue weighted by atomic mass is 10.1. The molecule has 0 unspecified atom stereocenters. The van der Waals surface area contributed by atoms with Crippen LogP contribution in [0.4, 0.5) is 4.39 Å². The molecule has 1 aromatic carbocycles. The number of hydrogen-bond acceptors (Lipinski definition) is 5. The highest BCUT2D eigenvalue weighted by molar-refractivity contribution is 7.10. The van der Waals surface area contributed by atoms with Crippen LogP contribution in [0.5, 0.6) is 5.75 Å². The zero-order valence-electron chi connectivity index (χ0n) is 14.8. The lowest BCUT2D eigenvalue weighted by molar-refractivity contribution is -0.133. The summed E-state index contributed by atoms with van der Waals surface area (Å²) >= 11 is 1.41. The van der Waals surface area contributed by atoms with Crippen molar-refractivity contribution in [1.82, 2.24) is 16.2 Å². The first-order valence-corrected chi connectivity index (χ1v) is 9.05. The zero-order chi connectivity index (χ0) is 19.8. The Balaban J connectivity index is 1.85. The Bertz CT molecular complexity index is 798. The molecule has 0 aliphatic heterocycles. The average molecular weight is 393 g/mol. The summed E-state index contributed by atoms with van der Waals surface area (Å²) in [6.07, 6.45) is -1.08. The van der Waals surface area contributed by atoms with E-state index in [2.05, 4.69) is 16.2 Å². The van der Waals surface area contributed by atoms with Gasteiger partial charge in [-0.1, -0.05) is 18.2 Å². The molecular formula is C18H20FN3O4S. The molecule has 2 rings (SSSR count). The minimum atomic E-state index is -1.02. The van der Waals surface area contributed by atoms with E-state index in [0.29, 0.717) is 0 Å². The molecule has 0 saturated heterocycles. The summed E-state index contributed by atoms with van der Waals surface area (Å²) in [7, 11) is 0. The SMILES string of the molecule is CC(=O)N[C@@H](CC(=O)NNC(=O)[C@H](C)Oc1ccccc1F)c1cccs1. The van der Waals surface area contributed by atoms with Crippen LogP contribution in [0.25, 0.3) is 0 Å². The van der Waals surface area contributed by atoms with E-state index in [4.69, 9.17) is 4.74 Å². The number of halogens is 1. The maximum atomic E-state index is 13.5. The highest BCUT2D eigenvalue weighted by atomic mass is 32.1. The number of nitrogens with one attached hydrogen (secondary N) is 3. The van der Waals surface area contributed by atoms with Gasteiger partial charge in [-0.2, -0.15) is 0 Å². The number of thiophene rings is 1. The number of rotatable bonds is 7. The molecule has 0 aliphatic carbocycles. The van der Waals surface area contributed by atoms with Crippen molar-refractivity contribution >= 4 is 29.1 Å². The highest BCUT2D eigenvalue weighted by Gasteiger charge is 2.20. The number of ether oxygens (including phenoxy) is 1. The molecule has 0 aliphatic rings. The topological polar surface area (TPSA) is 96.5 Å². The van der Waals surface area contributed by atoms with Crippen molar-refractivity contribution in [3.8, 4) is 5.75 Å². The van der Waals surface area contributed by atoms with Gasteiger partial charge in [0.1, 0.15) is 0 Å². The summed E-state index contributed by atoms with van der Waals surface area (Å²) in [5.74, 6) is -2.05. The van der Waals surface area contributed by atoms with Crippen molar-refractivity contribution in [3.05, 3.63) is 52.5 Å². The summed E-state index contributed by atoms with van der Waals surface area (Å²) in [4.78, 5) is 36.3. The van der Waals surface area contributed by atoms with Crippen molar-refractivity contribution in [2.24, 2.45) is 0 Å². The van der Waals surface area contributed by atoms with Crippen LogP contribution in [0.15, 0.2) is 41.8 Å². The number of amides is 3. The number of carbonyl (C=O) groups is 3. The first-order chi connectivity index (χ1) is 12.9. The molecule has 0 spiro atoms. The fourth-order valence-corrected chi connectivity index (χ4v) is 2.99. The molecule has 0 bridgehead atoms. The number of benzene rings is 1. The van der Waals surface area contributed by atoms with Crippen LogP contribution < -0.4 is 20.9 Å². The van der Waals surface area contributed by atoms with Crippen LogP contribution in [0.3, 0.4) is 0 Å². The van der Waals surface area contributed by atoms with Crippen molar-refractivity contribution in [2.45, 2.75) is 32.4 Å². The van der Waals surface area contributed by atoms with Crippen molar-refractivity contribution in [2.75, 3.05) is 0 Å². The predicted octanol–water partition coefficient (Wildman–Crippen LogP) is 2.07. The Kier molecular flexibility index (Phi) is 7.30. The van der Waals surface area contributed by atoms with Gasteiger partial charge in [0.25, 0.3) is 5.91 Å². The molecule has 3 amide bonds. The van der Waals surface area contributed by atoms with E-state index in [0.717, 1.165) is 4.88 Å². The fourth-order valence-electron chi connectivity index (χ4n) is 2.21. The lowest BCUT2D eigenvalue weighted by Crippen LogP contribution is -2.48. The third-order valence-corrected chi connectivity index (χ3v) is 4.47. The first kappa shape index (κ1) is 20.4. The maximum absolute atomic E-state index is 13.5. The smallest absolute Gasteiger partial charge is 0.279 e. The monoisotopic (exact) mass is 393 g/mol. The van der Waals surface area contributed by atoms with Crippen molar-refractivity contribution in [1.29, 1.82) is 0 Å². The minimum absolute atomic E-state index is 0.0527. The van der Waals surface area contributed by atoms with Crippen LogP contribution in [0.1, 0.15) is 31.2 Å². The molecule has 144 valence electrons. The molecule has 0 radical (unpaired) electrons. The van der Waals surface area contributed by atoms with E-state index in [1.165, 1.54) is 43.4 Å². The van der Waals surface area contributed by atoms with Gasteiger partial charge in [-0.25, -0.2) is 4.39 Å². The van der Waals surface area contributed by atoms with E-state index in [-0.39, 0.29) is 18.1 Å². The number of hydrogen-bond donors (Lipinski definition) is 3. The summed E-state index contributed by atoms with van der Waals surface area (Å²) in [5, 5.41) is 4.53. The van der Waals surface area contributed by atoms with E-state index >= 15 is 0 Å². The molecule has 1 heterocycles. The van der Waals surface area contributed by atoms with Gasteiger partial charge < -0.3 is 10.1 Å². The quantitative estimate of drug-likeness (QED) is 0.628. The molecule has 9 heteroatoms. The number of hydrazine groups is 1. The van der Waals surface area contributed by atoms with Gasteiger partial charge in [0.2, 0.25) is 11.8 Å². The van der Waals surface area contributed by atoms with Crippen molar-refractivity contribution in [3.63, 3.8) is 0 Å². The minimum Gasteiger partial charge on any atom is -0.478 e. The Hall–Kier alpha value is -2.94. The van der Waals surface area contributed by atoms with Gasteiger partial charge in [0, 0.05) is 11.8 Å². The third-order valence-electron chi connectivity index (χ3n) is 3.49. The Morgan fingerprint density at radius 2 is 1.89 bits per heavy atom. The number of para-hydroxylation sites is 1. The summed E-state index contributed by atoms with van der Waals surface area (Å²) < 4.78 is 18.8. The molecular weight excluding hydrogens is 373 g/mol. The van der Waals surface area contributed by atoms with Crippen LogP contribution >= 0.6 is 11.3 Å². The number of carbonyl (C=O) groups excluding carboxylic acids is 3. The van der Waals surface area contributed by atoms with E-state index in [9.17, 15) is 18.8 Å². The highest BCUT2D eigenvalue weighted by Crippen LogP contribution is 2.22. The molecule has 3 N–H and O–H groups in total. The second kappa shape index (κ2) is 9.67. The second-order valence-corrected chi connectivity index (χ2v) is 6.68. The van der Waals surface area contributed by atoms with Crippen LogP contribution in [-0.2, 0) is 14.4 Å². The fraction of sp³-hybridized carbons (Fsp3) is 0.278. The average Bonchev–Trinajstić information content (AvgIpc) is 3.15. The Morgan fingerprint density at radius 1 is 1.15 bits per heavy atom. The molecule has 27 heavy (non-hydrogen) atoms. The van der Waals surface area contributed by atoms with Gasteiger partial charge in [-0.05, 0) is 30.5 Å². The molecule has 0 fully saturated rings. The summed E-state index contributed by atoms with van der Waals surface area (Å²) in [6.45, 7) is 2.79. The lowest BCUT2D eigenvalue weighted by Gasteiger charge is -2.18. The third kappa shape index (κ3) is 6.37. The van der Waals surface area contributed by atoms with E-state index in [1.807, 2.05) is 11.4 Å². The zero-order valence-corrected chi connectivity index (χ0v) is 15.6. The molecule has 2 atom stereocenters. The van der Waals surface area contributed by atoms with Crippen LogP contribution in [-0.4, -0.2) is 23.8 Å². The van der Waals surface area contributed by atoms with Gasteiger partial charge in [-0.15, -0.1) is 11.3 Å². The Labute approximate surface area is 159 Å². The van der Waals surface area contributed by atoms with E-state index in [1.54, 1.807) is 12.1 Å². The predicted molar refractivity (Wildman–Crippen MR) is 98.3 cm³/mol. The summed E-state index contributed by atoms with van der Waals surface area (Å²) in [6, 6.07) is 8.83. The Morgan fingerprint density at radius 3 is 2.52 bits per heavy atom. The maximum Gasteiger partial charge on any atom is 0.279 e. The molecule has 2 aromatic rings.